The summed E-state index contributed by atoms with van der Waals surface area (Å²) in [6, 6.07) is 25.0. The van der Waals surface area contributed by atoms with Crippen molar-refractivity contribution in [3.05, 3.63) is 95.1 Å². The van der Waals surface area contributed by atoms with Crippen LogP contribution in [0.3, 0.4) is 0 Å². The van der Waals surface area contributed by atoms with E-state index in [9.17, 15) is 4.79 Å². The molecule has 0 fully saturated rings. The predicted molar refractivity (Wildman–Crippen MR) is 126 cm³/mol. The van der Waals surface area contributed by atoms with Gasteiger partial charge in [0.25, 0.3) is 0 Å². The van der Waals surface area contributed by atoms with E-state index in [1.807, 2.05) is 12.1 Å². The molecular formula is C28H28O2. The Balaban J connectivity index is 0.000000159. The molecule has 0 radical (unpaired) electrons. The first kappa shape index (κ1) is 20.2. The van der Waals surface area contributed by atoms with Gasteiger partial charge >= 0.3 is 5.97 Å². The van der Waals surface area contributed by atoms with E-state index in [4.69, 9.17) is 5.11 Å². The van der Waals surface area contributed by atoms with E-state index in [2.05, 4.69) is 62.4 Å². The number of hydrogen-bond donors (Lipinski definition) is 1. The summed E-state index contributed by atoms with van der Waals surface area (Å²) in [6.45, 7) is 4.16. The molecule has 2 heteroatoms. The van der Waals surface area contributed by atoms with Crippen LogP contribution in [0, 0.1) is 0 Å². The average molecular weight is 397 g/mol. The summed E-state index contributed by atoms with van der Waals surface area (Å²) < 4.78 is 0. The first-order valence-electron chi connectivity index (χ1n) is 10.8. The first-order chi connectivity index (χ1) is 14.5. The quantitative estimate of drug-likeness (QED) is 0.359. The van der Waals surface area contributed by atoms with Crippen LogP contribution >= 0.6 is 0 Å². The number of hydrogen-bond acceptors (Lipinski definition) is 1. The number of rotatable bonds is 2. The van der Waals surface area contributed by atoms with Crippen molar-refractivity contribution < 1.29 is 9.90 Å². The van der Waals surface area contributed by atoms with Crippen LogP contribution in [0.15, 0.2) is 72.8 Å². The molecule has 0 bridgehead atoms. The zero-order valence-electron chi connectivity index (χ0n) is 17.7. The summed E-state index contributed by atoms with van der Waals surface area (Å²) in [5, 5.41) is 14.3. The van der Waals surface area contributed by atoms with Crippen molar-refractivity contribution in [3.63, 3.8) is 0 Å². The Kier molecular flexibility index (Phi) is 5.85. The number of carboxylic acid groups (broad SMARTS) is 1. The summed E-state index contributed by atoms with van der Waals surface area (Å²) in [7, 11) is 0. The van der Waals surface area contributed by atoms with Crippen LogP contribution in [0.5, 0.6) is 0 Å². The number of fused-ring (bicyclic) bond motifs is 5. The minimum atomic E-state index is -0.870. The van der Waals surface area contributed by atoms with Crippen molar-refractivity contribution in [1.29, 1.82) is 0 Å². The highest BCUT2D eigenvalue weighted by Crippen LogP contribution is 2.33. The number of aryl methyl sites for hydroxylation is 2. The molecule has 0 saturated carbocycles. The minimum absolute atomic E-state index is 0.347. The molecule has 0 amide bonds. The molecule has 0 heterocycles. The molecule has 0 atom stereocenters. The summed E-state index contributed by atoms with van der Waals surface area (Å²) >= 11 is 0. The maximum atomic E-state index is 10.5. The van der Waals surface area contributed by atoms with Gasteiger partial charge in [-0.1, -0.05) is 74.5 Å². The van der Waals surface area contributed by atoms with Crippen LogP contribution in [0.1, 0.15) is 59.7 Å². The third-order valence-electron chi connectivity index (χ3n) is 6.08. The molecule has 1 aliphatic rings. The van der Waals surface area contributed by atoms with Gasteiger partial charge in [0, 0.05) is 0 Å². The maximum absolute atomic E-state index is 10.5. The Morgan fingerprint density at radius 2 is 1.47 bits per heavy atom. The summed E-state index contributed by atoms with van der Waals surface area (Å²) in [4.78, 5) is 10.5. The van der Waals surface area contributed by atoms with Gasteiger partial charge in [-0.15, -0.1) is 0 Å². The first-order valence-corrected chi connectivity index (χ1v) is 10.8. The van der Waals surface area contributed by atoms with Crippen LogP contribution in [-0.2, 0) is 12.8 Å². The molecule has 0 saturated heterocycles. The number of benzene rings is 4. The Hall–Kier alpha value is -3.13. The van der Waals surface area contributed by atoms with Crippen molar-refractivity contribution >= 4 is 27.5 Å². The molecule has 1 aliphatic carbocycles. The lowest BCUT2D eigenvalue weighted by atomic mass is 9.86. The van der Waals surface area contributed by atoms with Crippen molar-refractivity contribution in [2.45, 2.75) is 45.4 Å². The fourth-order valence-electron chi connectivity index (χ4n) is 4.35. The van der Waals surface area contributed by atoms with Gasteiger partial charge in [-0.2, -0.15) is 0 Å². The second-order valence-corrected chi connectivity index (χ2v) is 8.37. The van der Waals surface area contributed by atoms with Crippen molar-refractivity contribution in [2.75, 3.05) is 0 Å². The van der Waals surface area contributed by atoms with Gasteiger partial charge in [0.1, 0.15) is 0 Å². The minimum Gasteiger partial charge on any atom is -0.478 e. The number of carbonyl (C=O) groups is 1. The highest BCUT2D eigenvalue weighted by Gasteiger charge is 2.13. The van der Waals surface area contributed by atoms with Crippen molar-refractivity contribution in [2.24, 2.45) is 0 Å². The van der Waals surface area contributed by atoms with Gasteiger partial charge in [0.2, 0.25) is 0 Å². The molecule has 30 heavy (non-hydrogen) atoms. The second-order valence-electron chi connectivity index (χ2n) is 8.37. The Morgan fingerprint density at radius 1 is 0.767 bits per heavy atom. The summed E-state index contributed by atoms with van der Waals surface area (Å²) in [5.41, 5.74) is 4.69. The molecule has 0 aromatic heterocycles. The number of aromatic carboxylic acids is 1. The molecule has 0 spiro atoms. The van der Waals surface area contributed by atoms with E-state index in [-0.39, 0.29) is 0 Å². The third kappa shape index (κ3) is 4.09. The monoisotopic (exact) mass is 396 g/mol. The van der Waals surface area contributed by atoms with Gasteiger partial charge < -0.3 is 5.11 Å². The maximum Gasteiger partial charge on any atom is 0.335 e. The van der Waals surface area contributed by atoms with Gasteiger partial charge in [-0.3, -0.25) is 0 Å². The van der Waals surface area contributed by atoms with E-state index >= 15 is 0 Å². The van der Waals surface area contributed by atoms with Crippen LogP contribution in [0.4, 0.5) is 0 Å². The van der Waals surface area contributed by atoms with Crippen LogP contribution in [0.25, 0.3) is 21.5 Å². The molecule has 1 N–H and O–H groups in total. The van der Waals surface area contributed by atoms with E-state index in [1.165, 1.54) is 52.8 Å². The molecular weight excluding hydrogens is 368 g/mol. The molecule has 152 valence electrons. The Morgan fingerprint density at radius 3 is 2.20 bits per heavy atom. The largest absolute Gasteiger partial charge is 0.478 e. The zero-order chi connectivity index (χ0) is 21.1. The smallest absolute Gasteiger partial charge is 0.335 e. The highest BCUT2D eigenvalue weighted by atomic mass is 16.4. The SMILES string of the molecule is CC(C)c1ccc(C(=O)O)cc1.c1ccc2c(c1)ccc1c3c(ccc12)CCCC3. The standard InChI is InChI=1S/C18H16.C10H12O2/c1-3-7-15-13(5-1)9-11-18-16-8-4-2-6-14(16)10-12-17(15)18;1-7(2)8-3-5-9(6-4-8)10(11)12/h1,3,5,7,9-12H,2,4,6,8H2;3-7H,1-2H3,(H,11,12). The van der Waals surface area contributed by atoms with Crippen LogP contribution < -0.4 is 0 Å². The van der Waals surface area contributed by atoms with Crippen molar-refractivity contribution in [1.82, 2.24) is 0 Å². The fourth-order valence-corrected chi connectivity index (χ4v) is 4.35. The molecule has 2 nitrogen and oxygen atoms in total. The number of carboxylic acids is 1. The zero-order valence-corrected chi connectivity index (χ0v) is 17.7. The second kappa shape index (κ2) is 8.71. The lowest BCUT2D eigenvalue weighted by Crippen LogP contribution is -2.02. The highest BCUT2D eigenvalue weighted by molar-refractivity contribution is 6.08. The van der Waals surface area contributed by atoms with Gasteiger partial charge in [-0.25, -0.2) is 4.79 Å². The fraction of sp³-hybridized carbons (Fsp3) is 0.250. The van der Waals surface area contributed by atoms with Gasteiger partial charge in [0.15, 0.2) is 0 Å². The summed E-state index contributed by atoms with van der Waals surface area (Å²) in [6.07, 6.45) is 5.22. The molecule has 0 unspecified atom stereocenters. The lowest BCUT2D eigenvalue weighted by molar-refractivity contribution is 0.0697. The van der Waals surface area contributed by atoms with Gasteiger partial charge in [-0.05, 0) is 82.0 Å². The predicted octanol–water partition coefficient (Wildman–Crippen LogP) is 7.38. The Bertz CT molecular complexity index is 1190. The molecule has 4 aromatic carbocycles. The van der Waals surface area contributed by atoms with Crippen LogP contribution in [0.2, 0.25) is 0 Å². The molecule has 0 aliphatic heterocycles. The van der Waals surface area contributed by atoms with Crippen molar-refractivity contribution in [3.8, 4) is 0 Å². The van der Waals surface area contributed by atoms with Crippen LogP contribution in [-0.4, -0.2) is 11.1 Å². The van der Waals surface area contributed by atoms with Gasteiger partial charge in [0.05, 0.1) is 5.56 Å². The summed E-state index contributed by atoms with van der Waals surface area (Å²) in [5.74, 6) is -0.418. The third-order valence-corrected chi connectivity index (χ3v) is 6.08. The lowest BCUT2D eigenvalue weighted by Gasteiger charge is -2.18. The van der Waals surface area contributed by atoms with E-state index in [0.717, 1.165) is 0 Å². The average Bonchev–Trinajstić information content (AvgIpc) is 2.79. The Labute approximate surface area is 178 Å². The van der Waals surface area contributed by atoms with E-state index in [1.54, 1.807) is 23.3 Å². The van der Waals surface area contributed by atoms with E-state index < -0.39 is 5.97 Å². The molecule has 5 rings (SSSR count). The normalized spacial score (nSPS) is 13.0. The topological polar surface area (TPSA) is 37.3 Å². The van der Waals surface area contributed by atoms with E-state index in [0.29, 0.717) is 11.5 Å². The molecule has 4 aromatic rings.